The van der Waals surface area contributed by atoms with Crippen molar-refractivity contribution < 1.29 is 9.90 Å². The second-order valence-electron chi connectivity index (χ2n) is 6.87. The molecule has 1 heterocycles. The number of piperidine rings is 1. The van der Waals surface area contributed by atoms with E-state index in [0.717, 1.165) is 51.0 Å². The minimum atomic E-state index is -0.204. The fraction of sp³-hybridized carbons (Fsp3) is 0.650. The summed E-state index contributed by atoms with van der Waals surface area (Å²) >= 11 is 0. The number of carbonyl (C=O) groups is 1. The first kappa shape index (κ1) is 18.9. The summed E-state index contributed by atoms with van der Waals surface area (Å²) < 4.78 is 0. The van der Waals surface area contributed by atoms with Gasteiger partial charge in [-0.15, -0.1) is 0 Å². The van der Waals surface area contributed by atoms with E-state index < -0.39 is 0 Å². The first-order chi connectivity index (χ1) is 11.6. The average Bonchev–Trinajstić information content (AvgIpc) is 2.66. The topological polar surface area (TPSA) is 43.8 Å². The zero-order chi connectivity index (χ0) is 17.6. The number of carbonyl (C=O) groups excluding carboxylic acids is 1. The van der Waals surface area contributed by atoms with Crippen LogP contribution in [0, 0.1) is 5.41 Å². The normalized spacial score (nSPS) is 18.6. The molecule has 1 aliphatic heterocycles. The van der Waals surface area contributed by atoms with E-state index in [1.165, 1.54) is 0 Å². The molecular weight excluding hydrogens is 300 g/mol. The molecule has 0 aliphatic carbocycles. The molecule has 0 bridgehead atoms. The summed E-state index contributed by atoms with van der Waals surface area (Å²) in [5.74, 6) is 0.201. The molecule has 1 atom stereocenters. The van der Waals surface area contributed by atoms with Crippen LogP contribution in [0.3, 0.4) is 0 Å². The van der Waals surface area contributed by atoms with Crippen molar-refractivity contribution in [2.75, 3.05) is 32.8 Å². The lowest BCUT2D eigenvalue weighted by Crippen LogP contribution is -2.49. The summed E-state index contributed by atoms with van der Waals surface area (Å²) in [4.78, 5) is 17.5. The van der Waals surface area contributed by atoms with Crippen molar-refractivity contribution in [1.82, 2.24) is 9.80 Å². The monoisotopic (exact) mass is 332 g/mol. The lowest BCUT2D eigenvalue weighted by molar-refractivity contribution is -0.140. The Morgan fingerprint density at radius 1 is 1.17 bits per heavy atom. The molecule has 1 aromatic carbocycles. The predicted molar refractivity (Wildman–Crippen MR) is 97.7 cm³/mol. The number of likely N-dealkylation sites (N-methyl/N-ethyl adjacent to an activating group) is 1. The summed E-state index contributed by atoms with van der Waals surface area (Å²) in [6.07, 6.45) is 2.76. The maximum atomic E-state index is 13.3. The predicted octanol–water partition coefficient (Wildman–Crippen LogP) is 3.08. The lowest BCUT2D eigenvalue weighted by atomic mass is 9.77. The molecule has 0 radical (unpaired) electrons. The van der Waals surface area contributed by atoms with E-state index in [0.29, 0.717) is 0 Å². The van der Waals surface area contributed by atoms with Gasteiger partial charge < -0.3 is 10.0 Å². The van der Waals surface area contributed by atoms with Gasteiger partial charge in [0, 0.05) is 19.7 Å². The summed E-state index contributed by atoms with van der Waals surface area (Å²) in [5.41, 5.74) is 1.08. The Hall–Kier alpha value is -1.39. The molecule has 0 aromatic heterocycles. The van der Waals surface area contributed by atoms with Crippen molar-refractivity contribution >= 4 is 5.91 Å². The molecule has 1 amide bonds. The van der Waals surface area contributed by atoms with E-state index in [1.54, 1.807) is 0 Å². The van der Waals surface area contributed by atoms with Crippen molar-refractivity contribution in [3.05, 3.63) is 35.9 Å². The molecule has 134 valence electrons. The minimum absolute atomic E-state index is 0.00816. The molecule has 1 saturated heterocycles. The first-order valence-corrected chi connectivity index (χ1v) is 9.29. The van der Waals surface area contributed by atoms with Crippen LogP contribution in [0.5, 0.6) is 0 Å². The Bertz CT molecular complexity index is 500. The number of rotatable bonds is 7. The summed E-state index contributed by atoms with van der Waals surface area (Å²) in [6, 6.07) is 9.89. The van der Waals surface area contributed by atoms with Crippen LogP contribution < -0.4 is 0 Å². The average molecular weight is 332 g/mol. The van der Waals surface area contributed by atoms with E-state index in [9.17, 15) is 9.90 Å². The smallest absolute Gasteiger partial charge is 0.244 e. The van der Waals surface area contributed by atoms with Crippen LogP contribution in [0.2, 0.25) is 0 Å². The molecule has 1 N–H and O–H groups in total. The Kier molecular flexibility index (Phi) is 6.81. The van der Waals surface area contributed by atoms with Gasteiger partial charge in [-0.25, -0.2) is 0 Å². The van der Waals surface area contributed by atoms with Crippen LogP contribution in [0.15, 0.2) is 30.3 Å². The van der Waals surface area contributed by atoms with Crippen LogP contribution in [-0.2, 0) is 4.79 Å². The number of aliphatic hydroxyl groups is 1. The quantitative estimate of drug-likeness (QED) is 0.834. The van der Waals surface area contributed by atoms with Crippen LogP contribution >= 0.6 is 0 Å². The summed E-state index contributed by atoms with van der Waals surface area (Å²) in [7, 11) is 0. The zero-order valence-electron chi connectivity index (χ0n) is 15.4. The number of benzene rings is 1. The van der Waals surface area contributed by atoms with E-state index in [4.69, 9.17) is 0 Å². The van der Waals surface area contributed by atoms with Crippen molar-refractivity contribution in [3.8, 4) is 0 Å². The van der Waals surface area contributed by atoms with Crippen LogP contribution in [-0.4, -0.2) is 53.6 Å². The summed E-state index contributed by atoms with van der Waals surface area (Å²) in [6.45, 7) is 9.78. The maximum absolute atomic E-state index is 13.3. The van der Waals surface area contributed by atoms with Gasteiger partial charge in [0.05, 0.1) is 0 Å². The second kappa shape index (κ2) is 8.63. The van der Waals surface area contributed by atoms with Gasteiger partial charge in [0.2, 0.25) is 5.91 Å². The number of nitrogens with zero attached hydrogens (tertiary/aromatic N) is 2. The molecule has 1 fully saturated rings. The highest BCUT2D eigenvalue weighted by molar-refractivity contribution is 5.83. The van der Waals surface area contributed by atoms with Gasteiger partial charge in [0.25, 0.3) is 0 Å². The lowest BCUT2D eigenvalue weighted by Gasteiger charge is -2.42. The molecule has 4 nitrogen and oxygen atoms in total. The van der Waals surface area contributed by atoms with Crippen LogP contribution in [0.25, 0.3) is 0 Å². The molecule has 1 unspecified atom stereocenters. The Morgan fingerprint density at radius 2 is 1.75 bits per heavy atom. The number of likely N-dealkylation sites (tertiary alicyclic amines) is 1. The van der Waals surface area contributed by atoms with Crippen molar-refractivity contribution in [2.24, 2.45) is 5.41 Å². The molecule has 0 saturated carbocycles. The van der Waals surface area contributed by atoms with Gasteiger partial charge in [-0.2, -0.15) is 0 Å². The Morgan fingerprint density at radius 3 is 2.21 bits per heavy atom. The highest BCUT2D eigenvalue weighted by Gasteiger charge is 2.37. The second-order valence-corrected chi connectivity index (χ2v) is 6.87. The highest BCUT2D eigenvalue weighted by atomic mass is 16.3. The van der Waals surface area contributed by atoms with E-state index in [1.807, 2.05) is 23.1 Å². The third-order valence-electron chi connectivity index (χ3n) is 5.75. The summed E-state index contributed by atoms with van der Waals surface area (Å²) in [5, 5.41) is 9.71. The highest BCUT2D eigenvalue weighted by Crippen LogP contribution is 2.35. The molecule has 1 aliphatic rings. The van der Waals surface area contributed by atoms with Gasteiger partial charge in [0.15, 0.2) is 0 Å². The minimum Gasteiger partial charge on any atom is -0.396 e. The number of hydrogen-bond donors (Lipinski definition) is 1. The Labute approximate surface area is 146 Å². The van der Waals surface area contributed by atoms with Gasteiger partial charge in [-0.05, 0) is 43.3 Å². The van der Waals surface area contributed by atoms with Gasteiger partial charge in [0.1, 0.15) is 6.04 Å². The Balaban J connectivity index is 2.17. The molecule has 0 spiro atoms. The van der Waals surface area contributed by atoms with Gasteiger partial charge in [-0.3, -0.25) is 9.69 Å². The molecule has 1 aromatic rings. The van der Waals surface area contributed by atoms with Crippen LogP contribution in [0.1, 0.15) is 51.6 Å². The molecule has 4 heteroatoms. The standard InChI is InChI=1S/C20H32N2O2/c1-4-20(16-23)12-14-22(15-13-20)19(24)18(21(5-2)6-3)17-10-8-7-9-11-17/h7-11,18,23H,4-6,12-16H2,1-3H3. The SMILES string of the molecule is CCN(CC)C(C(=O)N1CCC(CC)(CO)CC1)c1ccccc1. The third-order valence-corrected chi connectivity index (χ3v) is 5.75. The molecular formula is C20H32N2O2. The van der Waals surface area contributed by atoms with Crippen molar-refractivity contribution in [1.29, 1.82) is 0 Å². The number of aliphatic hydroxyl groups excluding tert-OH is 1. The third kappa shape index (κ3) is 3.98. The van der Waals surface area contributed by atoms with Gasteiger partial charge >= 0.3 is 0 Å². The largest absolute Gasteiger partial charge is 0.396 e. The van der Waals surface area contributed by atoms with Crippen molar-refractivity contribution in [2.45, 2.75) is 46.1 Å². The number of amides is 1. The van der Waals surface area contributed by atoms with E-state index >= 15 is 0 Å². The zero-order valence-corrected chi connectivity index (χ0v) is 15.4. The van der Waals surface area contributed by atoms with Crippen LogP contribution in [0.4, 0.5) is 0 Å². The molecule has 24 heavy (non-hydrogen) atoms. The molecule has 2 rings (SSSR count). The fourth-order valence-electron chi connectivity index (χ4n) is 3.73. The maximum Gasteiger partial charge on any atom is 0.244 e. The fourth-order valence-corrected chi connectivity index (χ4v) is 3.73. The first-order valence-electron chi connectivity index (χ1n) is 9.29. The van der Waals surface area contributed by atoms with E-state index in [2.05, 4.69) is 37.8 Å². The van der Waals surface area contributed by atoms with Crippen molar-refractivity contribution in [3.63, 3.8) is 0 Å². The number of hydrogen-bond acceptors (Lipinski definition) is 3. The van der Waals surface area contributed by atoms with E-state index in [-0.39, 0.29) is 24.0 Å². The van der Waals surface area contributed by atoms with Gasteiger partial charge in [-0.1, -0.05) is 51.1 Å².